The average molecular weight is 330 g/mol. The second-order valence-electron chi connectivity index (χ2n) is 6.35. The van der Waals surface area contributed by atoms with Gasteiger partial charge in [-0.05, 0) is 36.5 Å². The molecule has 0 aliphatic carbocycles. The van der Waals surface area contributed by atoms with Gasteiger partial charge < -0.3 is 9.80 Å². The molecule has 2 aromatic rings. The summed E-state index contributed by atoms with van der Waals surface area (Å²) in [6, 6.07) is 8.41. The molecule has 0 unspecified atom stereocenters. The van der Waals surface area contributed by atoms with Crippen LogP contribution in [0.15, 0.2) is 24.3 Å². The third kappa shape index (κ3) is 3.05. The number of benzene rings is 1. The second kappa shape index (κ2) is 6.45. The summed E-state index contributed by atoms with van der Waals surface area (Å²) >= 11 is 1.57. The summed E-state index contributed by atoms with van der Waals surface area (Å²) in [6.07, 6.45) is 2.33. The zero-order valence-corrected chi connectivity index (χ0v) is 14.1. The molecule has 0 bridgehead atoms. The first-order valence-electron chi connectivity index (χ1n) is 8.41. The van der Waals surface area contributed by atoms with Crippen LogP contribution in [0.5, 0.6) is 0 Å². The normalized spacial score (nSPS) is 19.7. The first-order valence-corrected chi connectivity index (χ1v) is 9.18. The Hall–Kier alpha value is -1.66. The molecule has 23 heavy (non-hydrogen) atoms. The Labute approximate surface area is 140 Å². The van der Waals surface area contributed by atoms with Crippen LogP contribution in [0, 0.1) is 0 Å². The number of amides is 1. The molecule has 2 aliphatic rings. The minimum atomic E-state index is 0.301. The van der Waals surface area contributed by atoms with Crippen molar-refractivity contribution in [3.8, 4) is 0 Å². The highest BCUT2D eigenvalue weighted by Crippen LogP contribution is 2.29. The average Bonchev–Trinajstić information content (AvgIpc) is 3.25. The van der Waals surface area contributed by atoms with E-state index in [0.717, 1.165) is 57.9 Å². The monoisotopic (exact) mass is 330 g/mol. The number of likely N-dealkylation sites (tertiary alicyclic amines) is 1. The Morgan fingerprint density at radius 1 is 1.04 bits per heavy atom. The van der Waals surface area contributed by atoms with Crippen molar-refractivity contribution in [1.82, 2.24) is 14.2 Å². The number of carbonyl (C=O) groups is 1. The predicted octanol–water partition coefficient (Wildman–Crippen LogP) is 2.04. The summed E-state index contributed by atoms with van der Waals surface area (Å²) in [5.74, 6) is 1.41. The van der Waals surface area contributed by atoms with Gasteiger partial charge in [-0.1, -0.05) is 12.1 Å². The van der Waals surface area contributed by atoms with E-state index in [2.05, 4.69) is 38.4 Å². The quantitative estimate of drug-likeness (QED) is 0.863. The molecular formula is C17H22N4OS. The van der Waals surface area contributed by atoms with Crippen LogP contribution >= 0.6 is 11.5 Å². The van der Waals surface area contributed by atoms with E-state index >= 15 is 0 Å². The number of aromatic nitrogens is 1. The van der Waals surface area contributed by atoms with E-state index in [-0.39, 0.29) is 0 Å². The summed E-state index contributed by atoms with van der Waals surface area (Å²) in [4.78, 5) is 18.9. The van der Waals surface area contributed by atoms with Crippen molar-refractivity contribution >= 4 is 33.3 Å². The Balaban J connectivity index is 1.36. The molecular weight excluding hydrogens is 308 g/mol. The maximum atomic E-state index is 12.3. The van der Waals surface area contributed by atoms with Crippen molar-refractivity contribution in [1.29, 1.82) is 0 Å². The molecule has 0 spiro atoms. The zero-order chi connectivity index (χ0) is 15.6. The van der Waals surface area contributed by atoms with Crippen molar-refractivity contribution in [2.75, 3.05) is 50.7 Å². The third-order valence-electron chi connectivity index (χ3n) is 4.85. The molecule has 0 radical (unpaired) electrons. The van der Waals surface area contributed by atoms with Crippen LogP contribution in [0.3, 0.4) is 0 Å². The topological polar surface area (TPSA) is 39.7 Å². The van der Waals surface area contributed by atoms with Gasteiger partial charge in [-0.25, -0.2) is 0 Å². The van der Waals surface area contributed by atoms with Crippen LogP contribution in [0.4, 0.5) is 5.82 Å². The maximum Gasteiger partial charge on any atom is 0.236 e. The molecule has 122 valence electrons. The number of nitrogens with zero attached hydrogens (tertiary/aromatic N) is 4. The molecule has 2 saturated heterocycles. The zero-order valence-electron chi connectivity index (χ0n) is 13.3. The molecule has 0 atom stereocenters. The van der Waals surface area contributed by atoms with Gasteiger partial charge in [-0.2, -0.15) is 4.37 Å². The number of anilines is 1. The van der Waals surface area contributed by atoms with Crippen LogP contribution in [0.25, 0.3) is 10.1 Å². The number of fused-ring (bicyclic) bond motifs is 1. The summed E-state index contributed by atoms with van der Waals surface area (Å²) < 4.78 is 5.89. The number of piperazine rings is 1. The van der Waals surface area contributed by atoms with Crippen LogP contribution in [0.2, 0.25) is 0 Å². The van der Waals surface area contributed by atoms with Gasteiger partial charge in [0.1, 0.15) is 5.82 Å². The maximum absolute atomic E-state index is 12.3. The molecule has 6 heteroatoms. The van der Waals surface area contributed by atoms with Gasteiger partial charge in [0.15, 0.2) is 0 Å². The van der Waals surface area contributed by atoms with E-state index in [9.17, 15) is 4.79 Å². The third-order valence-corrected chi connectivity index (χ3v) is 5.66. The van der Waals surface area contributed by atoms with E-state index in [1.807, 2.05) is 4.90 Å². The van der Waals surface area contributed by atoms with Crippen molar-refractivity contribution in [2.45, 2.75) is 12.8 Å². The fourth-order valence-electron chi connectivity index (χ4n) is 3.48. The van der Waals surface area contributed by atoms with Crippen molar-refractivity contribution in [2.24, 2.45) is 0 Å². The van der Waals surface area contributed by atoms with Crippen molar-refractivity contribution < 1.29 is 4.79 Å². The highest BCUT2D eigenvalue weighted by atomic mass is 32.1. The molecule has 5 nitrogen and oxygen atoms in total. The minimum Gasteiger partial charge on any atom is -0.353 e. The summed E-state index contributed by atoms with van der Waals surface area (Å²) in [5.41, 5.74) is 0. The standard InChI is InChI=1S/C17H22N4OS/c22-16(20-7-3-4-8-20)13-19-9-11-21(12-10-19)17-14-5-1-2-6-15(14)23-18-17/h1-2,5-6H,3-4,7-13H2. The lowest BCUT2D eigenvalue weighted by Crippen LogP contribution is -2.50. The van der Waals surface area contributed by atoms with Gasteiger partial charge in [-0.3, -0.25) is 9.69 Å². The van der Waals surface area contributed by atoms with E-state index in [4.69, 9.17) is 0 Å². The first-order chi connectivity index (χ1) is 11.3. The summed E-state index contributed by atoms with van der Waals surface area (Å²) in [6.45, 7) is 6.23. The van der Waals surface area contributed by atoms with Gasteiger partial charge in [0.2, 0.25) is 5.91 Å². The van der Waals surface area contributed by atoms with Gasteiger partial charge in [0.25, 0.3) is 0 Å². The highest BCUT2D eigenvalue weighted by Gasteiger charge is 2.24. The fraction of sp³-hybridized carbons (Fsp3) is 0.529. The predicted molar refractivity (Wildman–Crippen MR) is 94.1 cm³/mol. The molecule has 1 aromatic heterocycles. The summed E-state index contributed by atoms with van der Waals surface area (Å²) in [5, 5.41) is 1.25. The number of hydrogen-bond donors (Lipinski definition) is 0. The molecule has 3 heterocycles. The molecule has 0 N–H and O–H groups in total. The van der Waals surface area contributed by atoms with Crippen LogP contribution < -0.4 is 4.90 Å². The summed E-state index contributed by atoms with van der Waals surface area (Å²) in [7, 11) is 0. The fourth-order valence-corrected chi connectivity index (χ4v) is 4.27. The second-order valence-corrected chi connectivity index (χ2v) is 7.16. The molecule has 1 aromatic carbocycles. The van der Waals surface area contributed by atoms with Gasteiger partial charge in [0.05, 0.1) is 11.2 Å². The van der Waals surface area contributed by atoms with Gasteiger partial charge in [0, 0.05) is 44.7 Å². The van der Waals surface area contributed by atoms with Crippen LogP contribution in [-0.4, -0.2) is 65.9 Å². The number of rotatable bonds is 3. The van der Waals surface area contributed by atoms with Crippen molar-refractivity contribution in [3.05, 3.63) is 24.3 Å². The van der Waals surface area contributed by atoms with E-state index in [0.29, 0.717) is 12.5 Å². The smallest absolute Gasteiger partial charge is 0.236 e. The SMILES string of the molecule is O=C(CN1CCN(c2nsc3ccccc23)CC1)N1CCCC1. The van der Waals surface area contributed by atoms with E-state index < -0.39 is 0 Å². The van der Waals surface area contributed by atoms with E-state index in [1.165, 1.54) is 10.1 Å². The number of hydrogen-bond acceptors (Lipinski definition) is 5. The lowest BCUT2D eigenvalue weighted by molar-refractivity contribution is -0.131. The van der Waals surface area contributed by atoms with Gasteiger partial charge >= 0.3 is 0 Å². The van der Waals surface area contributed by atoms with Gasteiger partial charge in [-0.15, -0.1) is 0 Å². The Morgan fingerprint density at radius 3 is 2.57 bits per heavy atom. The Bertz CT molecular complexity index is 687. The Morgan fingerprint density at radius 2 is 1.78 bits per heavy atom. The lowest BCUT2D eigenvalue weighted by atomic mass is 10.2. The lowest BCUT2D eigenvalue weighted by Gasteiger charge is -2.35. The molecule has 0 saturated carbocycles. The number of carbonyl (C=O) groups excluding carboxylic acids is 1. The first kappa shape index (κ1) is 14.9. The van der Waals surface area contributed by atoms with Crippen LogP contribution in [0.1, 0.15) is 12.8 Å². The van der Waals surface area contributed by atoms with E-state index in [1.54, 1.807) is 11.5 Å². The van der Waals surface area contributed by atoms with Crippen molar-refractivity contribution in [3.63, 3.8) is 0 Å². The van der Waals surface area contributed by atoms with Crippen LogP contribution in [-0.2, 0) is 4.79 Å². The largest absolute Gasteiger partial charge is 0.353 e. The Kier molecular flexibility index (Phi) is 4.18. The highest BCUT2D eigenvalue weighted by molar-refractivity contribution is 7.13. The molecule has 2 aliphatic heterocycles. The molecule has 4 rings (SSSR count). The minimum absolute atomic E-state index is 0.301. The molecule has 2 fully saturated rings. The molecule has 1 amide bonds.